The van der Waals surface area contributed by atoms with Crippen LogP contribution in [0.5, 0.6) is 0 Å². The molecule has 1 amide bonds. The highest BCUT2D eigenvalue weighted by Crippen LogP contribution is 2.03. The van der Waals surface area contributed by atoms with Crippen molar-refractivity contribution < 1.29 is 27.4 Å². The highest BCUT2D eigenvalue weighted by molar-refractivity contribution is 7.90. The van der Waals surface area contributed by atoms with Gasteiger partial charge in [-0.3, -0.25) is 0 Å². The topological polar surface area (TPSA) is 90.9 Å². The average molecular weight is 311 g/mol. The third-order valence-corrected chi connectivity index (χ3v) is 3.19. The van der Waals surface area contributed by atoms with Gasteiger partial charge in [0.05, 0.1) is 5.75 Å². The van der Waals surface area contributed by atoms with E-state index in [0.29, 0.717) is 32.6 Å². The van der Waals surface area contributed by atoms with E-state index in [1.54, 1.807) is 0 Å². The monoisotopic (exact) mass is 311 g/mol. The summed E-state index contributed by atoms with van der Waals surface area (Å²) in [4.78, 5) is 11.2. The summed E-state index contributed by atoms with van der Waals surface area (Å²) in [5.41, 5.74) is 0. The Balaban J connectivity index is 3.64. The van der Waals surface area contributed by atoms with E-state index < -0.39 is 15.9 Å². The average Bonchev–Trinajstić information content (AvgIpc) is 2.33. The van der Waals surface area contributed by atoms with Gasteiger partial charge in [0.15, 0.2) is 16.1 Å². The van der Waals surface area contributed by atoms with E-state index in [1.165, 1.54) is 0 Å². The maximum atomic E-state index is 11.2. The number of ether oxygens (including phenoxy) is 3. The molecule has 20 heavy (non-hydrogen) atoms. The number of carbonyl (C=O) groups is 1. The van der Waals surface area contributed by atoms with E-state index in [-0.39, 0.29) is 18.6 Å². The van der Waals surface area contributed by atoms with Crippen molar-refractivity contribution in [2.75, 3.05) is 38.4 Å². The Morgan fingerprint density at radius 3 is 2.30 bits per heavy atom. The lowest BCUT2D eigenvalue weighted by Gasteiger charge is -2.16. The summed E-state index contributed by atoms with van der Waals surface area (Å²) in [6.07, 6.45) is 1.58. The molecule has 0 saturated carbocycles. The van der Waals surface area contributed by atoms with Crippen LogP contribution in [-0.4, -0.2) is 59.2 Å². The Kier molecular flexibility index (Phi) is 10.4. The maximum Gasteiger partial charge on any atom is 0.407 e. The van der Waals surface area contributed by atoms with E-state index >= 15 is 0 Å². The number of hydrogen-bond acceptors (Lipinski definition) is 6. The Morgan fingerprint density at radius 2 is 1.80 bits per heavy atom. The maximum absolute atomic E-state index is 11.2. The number of nitrogens with one attached hydrogen (secondary N) is 1. The quantitative estimate of drug-likeness (QED) is 0.451. The van der Waals surface area contributed by atoms with Crippen LogP contribution in [-0.2, 0) is 24.0 Å². The zero-order valence-electron chi connectivity index (χ0n) is 12.4. The molecule has 120 valence electrons. The summed E-state index contributed by atoms with van der Waals surface area (Å²) in [5.74, 6) is -0.169. The molecule has 0 radical (unpaired) electrons. The first-order valence-electron chi connectivity index (χ1n) is 6.70. The Morgan fingerprint density at radius 1 is 1.20 bits per heavy atom. The van der Waals surface area contributed by atoms with Gasteiger partial charge in [0.2, 0.25) is 0 Å². The number of rotatable bonds is 11. The molecule has 1 N–H and O–H groups in total. The summed E-state index contributed by atoms with van der Waals surface area (Å²) in [6.45, 7) is 5.23. The van der Waals surface area contributed by atoms with Crippen LogP contribution in [0.3, 0.4) is 0 Å². The van der Waals surface area contributed by atoms with Crippen LogP contribution < -0.4 is 5.32 Å². The molecule has 0 saturated heterocycles. The Hall–Kier alpha value is -0.860. The number of amides is 1. The molecule has 0 aliphatic rings. The van der Waals surface area contributed by atoms with Gasteiger partial charge < -0.3 is 19.5 Å². The zero-order chi connectivity index (χ0) is 15.4. The molecule has 0 heterocycles. The molecular formula is C12H25NO6S. The van der Waals surface area contributed by atoms with Gasteiger partial charge in [-0.25, -0.2) is 13.2 Å². The number of hydrogen-bond donors (Lipinski definition) is 1. The molecule has 0 bridgehead atoms. The van der Waals surface area contributed by atoms with Gasteiger partial charge in [0.1, 0.15) is 6.61 Å². The molecule has 0 unspecified atom stereocenters. The summed E-state index contributed by atoms with van der Waals surface area (Å²) in [5, 5.41) is 2.54. The predicted octanol–water partition coefficient (Wildman–Crippen LogP) is 0.936. The summed E-state index contributed by atoms with van der Waals surface area (Å²) >= 11 is 0. The first-order chi connectivity index (χ1) is 9.39. The Labute approximate surface area is 120 Å². The van der Waals surface area contributed by atoms with E-state index in [1.807, 2.05) is 13.8 Å². The second-order valence-electron chi connectivity index (χ2n) is 4.18. The van der Waals surface area contributed by atoms with Crippen LogP contribution in [0.15, 0.2) is 0 Å². The number of alkyl carbamates (subject to hydrolysis) is 1. The van der Waals surface area contributed by atoms with Gasteiger partial charge in [0, 0.05) is 32.4 Å². The minimum atomic E-state index is -3.11. The molecule has 0 rings (SSSR count). The van der Waals surface area contributed by atoms with Crippen molar-refractivity contribution in [2.24, 2.45) is 0 Å². The fourth-order valence-electron chi connectivity index (χ4n) is 1.38. The lowest BCUT2D eigenvalue weighted by atomic mass is 10.3. The normalized spacial score (nSPS) is 11.6. The minimum absolute atomic E-state index is 0.134. The molecule has 0 atom stereocenters. The van der Waals surface area contributed by atoms with Gasteiger partial charge in [-0.05, 0) is 20.3 Å². The predicted molar refractivity (Wildman–Crippen MR) is 75.3 cm³/mol. The summed E-state index contributed by atoms with van der Waals surface area (Å²) in [7, 11) is -3.11. The second kappa shape index (κ2) is 10.9. The van der Waals surface area contributed by atoms with Crippen molar-refractivity contribution in [3.05, 3.63) is 0 Å². The molecule has 0 aliphatic carbocycles. The Bertz CT molecular complexity index is 351. The highest BCUT2D eigenvalue weighted by Gasteiger charge is 2.09. The molecule has 0 aromatic rings. The first kappa shape index (κ1) is 19.1. The number of sulfone groups is 1. The van der Waals surface area contributed by atoms with Gasteiger partial charge in [-0.2, -0.15) is 0 Å². The molecule has 0 fully saturated rings. The molecule has 0 aliphatic heterocycles. The molecular weight excluding hydrogens is 286 g/mol. The van der Waals surface area contributed by atoms with Crippen molar-refractivity contribution in [1.82, 2.24) is 5.32 Å². The largest absolute Gasteiger partial charge is 0.448 e. The van der Waals surface area contributed by atoms with E-state index in [2.05, 4.69) is 5.32 Å². The first-order valence-corrected chi connectivity index (χ1v) is 8.76. The highest BCUT2D eigenvalue weighted by atomic mass is 32.2. The van der Waals surface area contributed by atoms with Crippen LogP contribution in [0, 0.1) is 0 Å². The third kappa shape index (κ3) is 12.2. The molecule has 0 spiro atoms. The van der Waals surface area contributed by atoms with E-state index in [0.717, 1.165) is 6.26 Å². The van der Waals surface area contributed by atoms with Gasteiger partial charge >= 0.3 is 6.09 Å². The lowest BCUT2D eigenvalue weighted by molar-refractivity contribution is -0.139. The van der Waals surface area contributed by atoms with E-state index in [9.17, 15) is 13.2 Å². The van der Waals surface area contributed by atoms with Crippen LogP contribution in [0.2, 0.25) is 0 Å². The van der Waals surface area contributed by atoms with Gasteiger partial charge in [-0.1, -0.05) is 0 Å². The van der Waals surface area contributed by atoms with Crippen molar-refractivity contribution in [1.29, 1.82) is 0 Å². The van der Waals surface area contributed by atoms with Gasteiger partial charge in [0.25, 0.3) is 0 Å². The standard InChI is InChI=1S/C12H25NO6S/c1-4-17-11(18-5-2)7-6-8-13-12(14)19-9-10-20(3,15)16/h11H,4-10H2,1-3H3,(H,13,14). The van der Waals surface area contributed by atoms with Crippen LogP contribution in [0.1, 0.15) is 26.7 Å². The molecule has 8 heteroatoms. The van der Waals surface area contributed by atoms with Crippen molar-refractivity contribution in [2.45, 2.75) is 33.0 Å². The van der Waals surface area contributed by atoms with Crippen LogP contribution in [0.25, 0.3) is 0 Å². The van der Waals surface area contributed by atoms with Crippen LogP contribution >= 0.6 is 0 Å². The minimum Gasteiger partial charge on any atom is -0.448 e. The zero-order valence-corrected chi connectivity index (χ0v) is 13.2. The SMILES string of the molecule is CCOC(CCCNC(=O)OCCS(C)(=O)=O)OCC. The van der Waals surface area contributed by atoms with Crippen molar-refractivity contribution in [3.63, 3.8) is 0 Å². The fraction of sp³-hybridized carbons (Fsp3) is 0.917. The lowest BCUT2D eigenvalue weighted by Crippen LogP contribution is -2.28. The molecule has 0 aromatic heterocycles. The van der Waals surface area contributed by atoms with Crippen molar-refractivity contribution in [3.8, 4) is 0 Å². The van der Waals surface area contributed by atoms with Gasteiger partial charge in [-0.15, -0.1) is 0 Å². The van der Waals surface area contributed by atoms with E-state index in [4.69, 9.17) is 14.2 Å². The van der Waals surface area contributed by atoms with Crippen molar-refractivity contribution >= 4 is 15.9 Å². The summed E-state index contributed by atoms with van der Waals surface area (Å²) in [6, 6.07) is 0. The second-order valence-corrected chi connectivity index (χ2v) is 6.43. The summed E-state index contributed by atoms with van der Waals surface area (Å²) < 4.78 is 37.1. The third-order valence-electron chi connectivity index (χ3n) is 2.28. The fourth-order valence-corrected chi connectivity index (χ4v) is 1.77. The van der Waals surface area contributed by atoms with Crippen LogP contribution in [0.4, 0.5) is 4.79 Å². The molecule has 7 nitrogen and oxygen atoms in total. The smallest absolute Gasteiger partial charge is 0.407 e. The number of carbonyl (C=O) groups excluding carboxylic acids is 1. The molecule has 0 aromatic carbocycles.